The number of carbonyl (C=O) groups is 2. The number of carbonyl (C=O) groups excluding carboxylic acids is 2. The van der Waals surface area contributed by atoms with Crippen LogP contribution in [0.2, 0.25) is 5.02 Å². The predicted octanol–water partition coefficient (Wildman–Crippen LogP) is 5.65. The summed E-state index contributed by atoms with van der Waals surface area (Å²) in [5.41, 5.74) is 0.663. The van der Waals surface area contributed by atoms with Gasteiger partial charge in [-0.1, -0.05) is 17.7 Å². The number of phenolic OH excluding ortho intramolecular Hbond substituents is 2. The second kappa shape index (κ2) is 7.83. The fraction of sp³-hybridized carbons (Fsp3) is 0.0588. The summed E-state index contributed by atoms with van der Waals surface area (Å²) in [6.45, 7) is -0.101. The van der Waals surface area contributed by atoms with Crippen molar-refractivity contribution < 1.29 is 24.2 Å². The quantitative estimate of drug-likeness (QED) is 0.495. The van der Waals surface area contributed by atoms with Crippen LogP contribution >= 0.6 is 55.2 Å². The number of rotatable bonds is 3. The first kappa shape index (κ1) is 20.2. The molecule has 0 atom stereocenters. The highest BCUT2D eigenvalue weighted by Gasteiger charge is 2.35. The van der Waals surface area contributed by atoms with Gasteiger partial charge in [0.1, 0.15) is 21.8 Å². The van der Waals surface area contributed by atoms with Crippen molar-refractivity contribution in [2.75, 3.05) is 0 Å². The van der Waals surface area contributed by atoms with E-state index in [-0.39, 0.29) is 38.0 Å². The van der Waals surface area contributed by atoms with Crippen molar-refractivity contribution in [1.82, 2.24) is 4.90 Å². The third-order valence-electron chi connectivity index (χ3n) is 3.70. The van der Waals surface area contributed by atoms with E-state index in [1.807, 2.05) is 0 Å². The summed E-state index contributed by atoms with van der Waals surface area (Å²) in [5.74, 6) is -1.55. The summed E-state index contributed by atoms with van der Waals surface area (Å²) < 4.78 is 13.5. The highest BCUT2D eigenvalue weighted by Crippen LogP contribution is 2.43. The van der Waals surface area contributed by atoms with Gasteiger partial charge in [0, 0.05) is 10.6 Å². The Morgan fingerprint density at radius 2 is 1.89 bits per heavy atom. The minimum Gasteiger partial charge on any atom is -0.506 e. The average Bonchev–Trinajstić information content (AvgIpc) is 2.87. The van der Waals surface area contributed by atoms with Gasteiger partial charge in [-0.25, -0.2) is 4.39 Å². The number of halogens is 4. The normalized spacial score (nSPS) is 15.9. The van der Waals surface area contributed by atoms with Gasteiger partial charge in [-0.05, 0) is 73.5 Å². The molecule has 2 aromatic rings. The second-order valence-corrected chi connectivity index (χ2v) is 8.51. The van der Waals surface area contributed by atoms with Crippen LogP contribution in [-0.2, 0) is 11.3 Å². The van der Waals surface area contributed by atoms with E-state index in [1.165, 1.54) is 24.3 Å². The summed E-state index contributed by atoms with van der Waals surface area (Å²) in [6.07, 6.45) is 1.35. The lowest BCUT2D eigenvalue weighted by Gasteiger charge is -2.13. The van der Waals surface area contributed by atoms with Crippen LogP contribution in [0.1, 0.15) is 11.1 Å². The lowest BCUT2D eigenvalue weighted by Crippen LogP contribution is -2.27. The first-order valence-electron chi connectivity index (χ1n) is 7.28. The third kappa shape index (κ3) is 4.01. The largest absolute Gasteiger partial charge is 0.506 e. The van der Waals surface area contributed by atoms with E-state index in [0.717, 1.165) is 11.0 Å². The Labute approximate surface area is 179 Å². The monoisotopic (exact) mass is 535 g/mol. The number of thioether (sulfide) groups is 1. The van der Waals surface area contributed by atoms with Gasteiger partial charge in [-0.3, -0.25) is 14.5 Å². The molecule has 3 rings (SSSR count). The van der Waals surface area contributed by atoms with Crippen LogP contribution in [0.4, 0.5) is 9.18 Å². The van der Waals surface area contributed by atoms with E-state index in [9.17, 15) is 24.2 Å². The van der Waals surface area contributed by atoms with Gasteiger partial charge in [0.15, 0.2) is 0 Å². The van der Waals surface area contributed by atoms with E-state index in [2.05, 4.69) is 31.9 Å². The Hall–Kier alpha value is -1.55. The predicted molar refractivity (Wildman–Crippen MR) is 108 cm³/mol. The lowest BCUT2D eigenvalue weighted by molar-refractivity contribution is -0.123. The van der Waals surface area contributed by atoms with Crippen molar-refractivity contribution in [3.05, 3.63) is 60.1 Å². The van der Waals surface area contributed by atoms with Crippen molar-refractivity contribution in [2.24, 2.45) is 0 Å². The molecular formula is C17H9Br2ClFNO4S. The van der Waals surface area contributed by atoms with E-state index in [4.69, 9.17) is 11.6 Å². The molecule has 0 bridgehead atoms. The van der Waals surface area contributed by atoms with Gasteiger partial charge in [0.2, 0.25) is 0 Å². The van der Waals surface area contributed by atoms with Gasteiger partial charge in [0.05, 0.1) is 15.9 Å². The van der Waals surface area contributed by atoms with Crippen LogP contribution in [0.15, 0.2) is 38.1 Å². The smallest absolute Gasteiger partial charge is 0.293 e. The molecule has 0 radical (unpaired) electrons. The fourth-order valence-electron chi connectivity index (χ4n) is 2.32. The zero-order chi connectivity index (χ0) is 19.9. The van der Waals surface area contributed by atoms with Crippen LogP contribution in [-0.4, -0.2) is 26.3 Å². The highest BCUT2D eigenvalue weighted by molar-refractivity contribution is 9.11. The van der Waals surface area contributed by atoms with Gasteiger partial charge in [0.25, 0.3) is 11.1 Å². The molecule has 0 saturated carbocycles. The molecule has 10 heteroatoms. The second-order valence-electron chi connectivity index (χ2n) is 5.46. The number of phenols is 2. The number of nitrogens with zero attached hydrogens (tertiary/aromatic N) is 1. The summed E-state index contributed by atoms with van der Waals surface area (Å²) in [5, 5.41) is 19.5. The molecule has 140 valence electrons. The summed E-state index contributed by atoms with van der Waals surface area (Å²) >= 11 is 12.9. The van der Waals surface area contributed by atoms with E-state index >= 15 is 0 Å². The summed E-state index contributed by atoms with van der Waals surface area (Å²) in [6, 6.07) is 5.12. The Morgan fingerprint density at radius 1 is 1.19 bits per heavy atom. The first-order chi connectivity index (χ1) is 12.7. The molecule has 0 unspecified atom stereocenters. The van der Waals surface area contributed by atoms with Crippen LogP contribution in [0, 0.1) is 5.82 Å². The molecule has 0 spiro atoms. The van der Waals surface area contributed by atoms with Gasteiger partial charge < -0.3 is 10.2 Å². The number of hydrogen-bond donors (Lipinski definition) is 2. The Morgan fingerprint density at radius 3 is 2.56 bits per heavy atom. The lowest BCUT2D eigenvalue weighted by atomic mass is 10.1. The zero-order valence-electron chi connectivity index (χ0n) is 13.2. The molecular weight excluding hydrogens is 529 g/mol. The van der Waals surface area contributed by atoms with Gasteiger partial charge >= 0.3 is 0 Å². The maximum atomic E-state index is 13.2. The molecule has 2 N–H and O–H groups in total. The number of imide groups is 1. The van der Waals surface area contributed by atoms with Crippen molar-refractivity contribution in [3.63, 3.8) is 0 Å². The molecule has 1 aliphatic heterocycles. The SMILES string of the molecule is O=C1S/C(=C\c2cc(Br)c(O)c(Br)c2O)C(=O)N1Cc1ccc(F)cc1Cl. The van der Waals surface area contributed by atoms with Crippen LogP contribution in [0.5, 0.6) is 11.5 Å². The molecule has 1 heterocycles. The molecule has 2 amide bonds. The van der Waals surface area contributed by atoms with E-state index in [1.54, 1.807) is 0 Å². The number of amides is 2. The summed E-state index contributed by atoms with van der Waals surface area (Å²) in [7, 11) is 0. The molecule has 5 nitrogen and oxygen atoms in total. The Balaban J connectivity index is 1.91. The third-order valence-corrected chi connectivity index (χ3v) is 6.32. The van der Waals surface area contributed by atoms with Gasteiger partial charge in [-0.2, -0.15) is 0 Å². The van der Waals surface area contributed by atoms with Crippen molar-refractivity contribution in [1.29, 1.82) is 0 Å². The van der Waals surface area contributed by atoms with E-state index in [0.29, 0.717) is 21.8 Å². The molecule has 2 aromatic carbocycles. The minimum atomic E-state index is -0.565. The maximum Gasteiger partial charge on any atom is 0.293 e. The van der Waals surface area contributed by atoms with Crippen LogP contribution < -0.4 is 0 Å². The number of aromatic hydroxyl groups is 2. The highest BCUT2D eigenvalue weighted by atomic mass is 79.9. The number of hydrogen-bond acceptors (Lipinski definition) is 5. The standard InChI is InChI=1S/C17H9Br2ClFNO4S/c18-10-3-8(14(23)13(19)15(10)24)4-12-16(25)22(17(26)27-12)6-7-1-2-9(21)5-11(7)20/h1-5,23-24H,6H2/b12-4-. The van der Waals surface area contributed by atoms with Crippen molar-refractivity contribution in [3.8, 4) is 11.5 Å². The molecule has 27 heavy (non-hydrogen) atoms. The molecule has 0 aromatic heterocycles. The molecule has 1 aliphatic rings. The van der Waals surface area contributed by atoms with Gasteiger partial charge in [-0.15, -0.1) is 0 Å². The Kier molecular flexibility index (Phi) is 5.85. The van der Waals surface area contributed by atoms with Crippen LogP contribution in [0.3, 0.4) is 0 Å². The minimum absolute atomic E-state index is 0.0560. The van der Waals surface area contributed by atoms with Crippen LogP contribution in [0.25, 0.3) is 6.08 Å². The maximum absolute atomic E-state index is 13.2. The topological polar surface area (TPSA) is 77.8 Å². The molecule has 1 fully saturated rings. The molecule has 0 aliphatic carbocycles. The number of benzene rings is 2. The van der Waals surface area contributed by atoms with Crippen molar-refractivity contribution >= 4 is 72.4 Å². The average molecular weight is 538 g/mol. The van der Waals surface area contributed by atoms with Crippen molar-refractivity contribution in [2.45, 2.75) is 6.54 Å². The first-order valence-corrected chi connectivity index (χ1v) is 10.1. The van der Waals surface area contributed by atoms with E-state index < -0.39 is 17.0 Å². The summed E-state index contributed by atoms with van der Waals surface area (Å²) in [4.78, 5) is 25.9. The Bertz CT molecular complexity index is 1010. The molecule has 1 saturated heterocycles. The zero-order valence-corrected chi connectivity index (χ0v) is 17.9. The fourth-order valence-corrected chi connectivity index (χ4v) is 4.53.